The fourth-order valence-corrected chi connectivity index (χ4v) is 3.20. The van der Waals surface area contributed by atoms with Crippen molar-refractivity contribution in [1.29, 1.82) is 0 Å². The van der Waals surface area contributed by atoms with Crippen molar-refractivity contribution in [1.82, 2.24) is 4.72 Å². The van der Waals surface area contributed by atoms with Gasteiger partial charge < -0.3 is 4.52 Å². The first-order valence-electron chi connectivity index (χ1n) is 6.29. The van der Waals surface area contributed by atoms with Crippen LogP contribution in [0.4, 0.5) is 0 Å². The monoisotopic (exact) mass is 285 g/mol. The Balaban J connectivity index is 2.45. The number of hydrogen-bond acceptors (Lipinski definition) is 3. The fourth-order valence-electron chi connectivity index (χ4n) is 1.43. The van der Waals surface area contributed by atoms with E-state index in [1.807, 2.05) is 6.92 Å². The minimum absolute atomic E-state index is 0.257. The van der Waals surface area contributed by atoms with Gasteiger partial charge in [0.05, 0.1) is 8.15 Å². The van der Waals surface area contributed by atoms with Crippen molar-refractivity contribution in [3.05, 3.63) is 29.8 Å². The van der Waals surface area contributed by atoms with E-state index in [1.165, 1.54) is 10.9 Å². The molecule has 102 valence electrons. The molecule has 1 N–H and O–H groups in total. The molecule has 0 aliphatic rings. The van der Waals surface area contributed by atoms with Crippen LogP contribution < -0.4 is 10.0 Å². The molecule has 1 rings (SSSR count). The summed E-state index contributed by atoms with van der Waals surface area (Å²) in [6.07, 6.45) is 0. The summed E-state index contributed by atoms with van der Waals surface area (Å²) < 4.78 is 9.30. The normalized spacial score (nSPS) is 13.6. The molecule has 1 aromatic carbocycles. The highest BCUT2D eigenvalue weighted by Gasteiger charge is 2.10. The molecule has 0 heterocycles. The Kier molecular flexibility index (Phi) is 6.65. The lowest BCUT2D eigenvalue weighted by Gasteiger charge is -2.18. The van der Waals surface area contributed by atoms with Gasteiger partial charge in [-0.1, -0.05) is 36.2 Å². The van der Waals surface area contributed by atoms with Crippen LogP contribution in [-0.2, 0) is 11.1 Å². The summed E-state index contributed by atoms with van der Waals surface area (Å²) in [5.41, 5.74) is 1.32. The first-order valence-corrected chi connectivity index (χ1v) is 8.81. The maximum atomic E-state index is 5.64. The van der Waals surface area contributed by atoms with Gasteiger partial charge in [0.2, 0.25) is 0 Å². The van der Waals surface area contributed by atoms with Crippen molar-refractivity contribution in [2.45, 2.75) is 39.0 Å². The number of nitrogens with one attached hydrogen (secondary N) is 1. The summed E-state index contributed by atoms with van der Waals surface area (Å²) in [7, 11) is -0.445. The first-order chi connectivity index (χ1) is 8.42. The van der Waals surface area contributed by atoms with Gasteiger partial charge in [-0.3, -0.25) is 4.72 Å². The molecule has 0 bridgehead atoms. The van der Waals surface area contributed by atoms with Crippen LogP contribution in [0.3, 0.4) is 0 Å². The molecule has 0 saturated heterocycles. The molecule has 1 unspecified atom stereocenters. The van der Waals surface area contributed by atoms with Gasteiger partial charge in [-0.05, 0) is 39.9 Å². The van der Waals surface area contributed by atoms with Crippen molar-refractivity contribution in [2.75, 3.05) is 13.3 Å². The Hall–Kier alpha value is -0.0800. The standard InChI is InChI=1S/C14H24NOPS/c1-6-16-17(5)13-9-7-12(8-10-13)11-15-18-14(2,3)4/h7-10,15H,6,11H2,1-5H3. The molecule has 2 nitrogen and oxygen atoms in total. The quantitative estimate of drug-likeness (QED) is 0.632. The lowest BCUT2D eigenvalue weighted by Crippen LogP contribution is -2.16. The summed E-state index contributed by atoms with van der Waals surface area (Å²) in [5, 5.41) is 1.30. The summed E-state index contributed by atoms with van der Waals surface area (Å²) in [6.45, 7) is 12.5. The molecule has 0 radical (unpaired) electrons. The molecule has 18 heavy (non-hydrogen) atoms. The smallest absolute Gasteiger partial charge is 0.0571 e. The summed E-state index contributed by atoms with van der Waals surface area (Å²) in [4.78, 5) is 0. The van der Waals surface area contributed by atoms with Gasteiger partial charge in [0, 0.05) is 23.2 Å². The SMILES string of the molecule is CCOP(C)c1ccc(CNSC(C)(C)C)cc1. The highest BCUT2D eigenvalue weighted by atomic mass is 32.2. The van der Waals surface area contributed by atoms with E-state index in [9.17, 15) is 0 Å². The van der Waals surface area contributed by atoms with Crippen LogP contribution in [0.25, 0.3) is 0 Å². The van der Waals surface area contributed by atoms with Crippen molar-refractivity contribution < 1.29 is 4.52 Å². The third-order valence-electron chi connectivity index (χ3n) is 2.28. The van der Waals surface area contributed by atoms with Gasteiger partial charge in [0.25, 0.3) is 0 Å². The molecule has 1 atom stereocenters. The van der Waals surface area contributed by atoms with Gasteiger partial charge in [-0.2, -0.15) is 0 Å². The predicted octanol–water partition coefficient (Wildman–Crippen LogP) is 3.91. The molecule has 0 aromatic heterocycles. The van der Waals surface area contributed by atoms with Crippen LogP contribution >= 0.6 is 20.1 Å². The van der Waals surface area contributed by atoms with Crippen LogP contribution in [0.2, 0.25) is 0 Å². The Labute approximate surface area is 117 Å². The van der Waals surface area contributed by atoms with E-state index in [2.05, 4.69) is 56.4 Å². The maximum Gasteiger partial charge on any atom is 0.0571 e. The van der Waals surface area contributed by atoms with E-state index in [0.29, 0.717) is 0 Å². The number of rotatable bonds is 6. The second-order valence-electron chi connectivity index (χ2n) is 5.12. The second kappa shape index (κ2) is 7.49. The minimum Gasteiger partial charge on any atom is -0.355 e. The maximum absolute atomic E-state index is 5.64. The third kappa shape index (κ3) is 6.19. The molecule has 4 heteroatoms. The molecule has 0 saturated carbocycles. The summed E-state index contributed by atoms with van der Waals surface area (Å²) in [5.74, 6) is 0. The molecular formula is C14H24NOPS. The van der Waals surface area contributed by atoms with Crippen LogP contribution in [-0.4, -0.2) is 18.0 Å². The Morgan fingerprint density at radius 2 is 1.83 bits per heavy atom. The second-order valence-corrected chi connectivity index (χ2v) is 8.60. The van der Waals surface area contributed by atoms with Crippen molar-refractivity contribution in [2.24, 2.45) is 0 Å². The van der Waals surface area contributed by atoms with Crippen molar-refractivity contribution in [3.8, 4) is 0 Å². The Morgan fingerprint density at radius 3 is 2.33 bits per heavy atom. The van der Waals surface area contributed by atoms with E-state index < -0.39 is 8.15 Å². The van der Waals surface area contributed by atoms with Gasteiger partial charge in [-0.15, -0.1) is 0 Å². The number of hydrogen-bond donors (Lipinski definition) is 1. The highest BCUT2D eigenvalue weighted by Crippen LogP contribution is 2.30. The van der Waals surface area contributed by atoms with Crippen molar-refractivity contribution in [3.63, 3.8) is 0 Å². The minimum atomic E-state index is -0.445. The van der Waals surface area contributed by atoms with Crippen molar-refractivity contribution >= 4 is 25.4 Å². The molecule has 0 aliphatic heterocycles. The average Bonchev–Trinajstić information content (AvgIpc) is 2.28. The number of benzene rings is 1. The predicted molar refractivity (Wildman–Crippen MR) is 84.7 cm³/mol. The van der Waals surface area contributed by atoms with Crippen LogP contribution in [0.15, 0.2) is 24.3 Å². The summed E-state index contributed by atoms with van der Waals surface area (Å²) in [6, 6.07) is 8.73. The zero-order valence-corrected chi connectivity index (χ0v) is 13.7. The molecule has 1 aromatic rings. The van der Waals surface area contributed by atoms with E-state index in [4.69, 9.17) is 4.52 Å². The molecule has 0 aliphatic carbocycles. The Bertz CT molecular complexity index is 348. The average molecular weight is 285 g/mol. The van der Waals surface area contributed by atoms with E-state index in [1.54, 1.807) is 11.9 Å². The van der Waals surface area contributed by atoms with Gasteiger partial charge in [0.15, 0.2) is 0 Å². The molecule has 0 fully saturated rings. The van der Waals surface area contributed by atoms with E-state index >= 15 is 0 Å². The molecule has 0 amide bonds. The molecular weight excluding hydrogens is 261 g/mol. The van der Waals surface area contributed by atoms with E-state index in [-0.39, 0.29) is 4.75 Å². The zero-order valence-electron chi connectivity index (χ0n) is 12.0. The Morgan fingerprint density at radius 1 is 1.22 bits per heavy atom. The largest absolute Gasteiger partial charge is 0.355 e. The first kappa shape index (κ1) is 16.0. The molecule has 0 spiro atoms. The lowest BCUT2D eigenvalue weighted by atomic mass is 10.2. The third-order valence-corrected chi connectivity index (χ3v) is 4.85. The van der Waals surface area contributed by atoms with Crippen LogP contribution in [0.1, 0.15) is 33.3 Å². The van der Waals surface area contributed by atoms with E-state index in [0.717, 1.165) is 13.2 Å². The summed E-state index contributed by atoms with van der Waals surface area (Å²) >= 11 is 1.78. The fraction of sp³-hybridized carbons (Fsp3) is 0.571. The lowest BCUT2D eigenvalue weighted by molar-refractivity contribution is 0.386. The topological polar surface area (TPSA) is 21.3 Å². The van der Waals surface area contributed by atoms with Gasteiger partial charge in [0.1, 0.15) is 0 Å². The van der Waals surface area contributed by atoms with Gasteiger partial charge >= 0.3 is 0 Å². The van der Waals surface area contributed by atoms with Crippen LogP contribution in [0.5, 0.6) is 0 Å². The van der Waals surface area contributed by atoms with Gasteiger partial charge in [-0.25, -0.2) is 0 Å². The highest BCUT2D eigenvalue weighted by molar-refractivity contribution is 7.98. The zero-order chi connectivity index (χ0) is 13.6. The van der Waals surface area contributed by atoms with Crippen LogP contribution in [0, 0.1) is 0 Å².